The lowest BCUT2D eigenvalue weighted by atomic mass is 10.8. The Morgan fingerprint density at radius 2 is 2.20 bits per heavy atom. The topological polar surface area (TPSA) is 23.8 Å². The summed E-state index contributed by atoms with van der Waals surface area (Å²) in [6, 6.07) is 1.61. The first-order valence-corrected chi connectivity index (χ1v) is 1.71. The van der Waals surface area contributed by atoms with Crippen LogP contribution in [-0.4, -0.2) is 0 Å². The summed E-state index contributed by atoms with van der Waals surface area (Å²) in [5, 5.41) is 7.61. The average Bonchev–Trinajstić information content (AvgIpc) is 1.41. The minimum atomic E-state index is 1.61. The van der Waals surface area contributed by atoms with E-state index in [0.717, 1.165) is 0 Å². The van der Waals surface area contributed by atoms with Crippen LogP contribution < -0.4 is 0 Å². The van der Waals surface area contributed by atoms with Crippen molar-refractivity contribution < 1.29 is 0 Å². The Kier molecular flexibility index (Phi) is 3.20. The van der Waals surface area contributed by atoms with Gasteiger partial charge < -0.3 is 0 Å². The Balaban J connectivity index is 3.30. The molecule has 0 aliphatic heterocycles. The van der Waals surface area contributed by atoms with E-state index in [1.807, 2.05) is 0 Å². The maximum absolute atomic E-state index is 7.61. The van der Waals surface area contributed by atoms with Crippen molar-refractivity contribution in [2.24, 2.45) is 0 Å². The normalized spacial score (nSPS) is 3.20. The fourth-order valence-corrected chi connectivity index (χ4v) is 0.110. The molecule has 0 N–H and O–H groups in total. The highest BCUT2D eigenvalue weighted by Gasteiger charge is 1.43. The summed E-state index contributed by atoms with van der Waals surface area (Å²) in [6.07, 6.45) is 0. The van der Waals surface area contributed by atoms with Gasteiger partial charge in [-0.1, -0.05) is 0 Å². The molecule has 5 heavy (non-hydrogen) atoms. The van der Waals surface area contributed by atoms with Gasteiger partial charge in [-0.3, -0.25) is 0 Å². The zero-order valence-corrected chi connectivity index (χ0v) is 3.91. The predicted octanol–water partition coefficient (Wildman–Crippen LogP) is 0.866. The van der Waals surface area contributed by atoms with Crippen molar-refractivity contribution in [2.45, 2.75) is 0 Å². The highest BCUT2D eigenvalue weighted by Crippen LogP contribution is 1.63. The second-order valence-electron chi connectivity index (χ2n) is 0.331. The van der Waals surface area contributed by atoms with Crippen molar-refractivity contribution in [3.8, 4) is 16.8 Å². The van der Waals surface area contributed by atoms with Crippen molar-refractivity contribution in [1.29, 1.82) is 5.26 Å². The van der Waals surface area contributed by atoms with E-state index in [1.54, 1.807) is 6.07 Å². The van der Waals surface area contributed by atoms with Gasteiger partial charge in [0.2, 0.25) is 0 Å². The number of nitriles is 1. The first-order chi connectivity index (χ1) is 2.41. The van der Waals surface area contributed by atoms with Crippen molar-refractivity contribution in [2.75, 3.05) is 0 Å². The molecule has 0 rings (SSSR count). The first kappa shape index (κ1) is 4.53. The molecule has 0 saturated carbocycles. The van der Waals surface area contributed by atoms with Crippen molar-refractivity contribution in [3.05, 3.63) is 0 Å². The summed E-state index contributed by atoms with van der Waals surface area (Å²) >= 11 is 2.73. The molecule has 0 radical (unpaired) electrons. The molecule has 0 fully saturated rings. The Hall–Kier alpha value is -0.470. The molecule has 24 valence electrons. The van der Waals surface area contributed by atoms with Crippen LogP contribution >= 0.6 is 15.9 Å². The predicted molar refractivity (Wildman–Crippen MR) is 22.3 cm³/mol. The van der Waals surface area contributed by atoms with Gasteiger partial charge in [0.25, 0.3) is 0 Å². The van der Waals surface area contributed by atoms with Gasteiger partial charge in [0.15, 0.2) is 6.07 Å². The maximum atomic E-state index is 7.61. The fraction of sp³-hybridized carbons (Fsp3) is 0. The van der Waals surface area contributed by atoms with Crippen LogP contribution in [0.3, 0.4) is 0 Å². The zero-order valence-electron chi connectivity index (χ0n) is 2.33. The number of rotatable bonds is 0. The fourth-order valence-electron chi connectivity index (χ4n) is 0.0211. The Morgan fingerprint density at radius 1 is 1.60 bits per heavy atom. The van der Waals surface area contributed by atoms with Crippen molar-refractivity contribution in [3.63, 3.8) is 0 Å². The molecule has 0 unspecified atom stereocenters. The molecule has 2 heteroatoms. The molecular weight excluding hydrogens is 130 g/mol. The summed E-state index contributed by atoms with van der Waals surface area (Å²) in [7, 11) is 0. The molecule has 1 nitrogen and oxygen atoms in total. The van der Waals surface area contributed by atoms with Gasteiger partial charge in [-0.15, -0.1) is 0 Å². The van der Waals surface area contributed by atoms with Crippen LogP contribution in [0.4, 0.5) is 0 Å². The van der Waals surface area contributed by atoms with Gasteiger partial charge in [-0.05, 0) is 4.83 Å². The van der Waals surface area contributed by atoms with E-state index in [9.17, 15) is 0 Å². The van der Waals surface area contributed by atoms with Gasteiger partial charge in [-0.2, -0.15) is 5.26 Å². The smallest absolute Gasteiger partial charge is 0.153 e. The molecule has 0 heterocycles. The molecule has 0 aromatic carbocycles. The quantitative estimate of drug-likeness (QED) is 0.446. The molecule has 0 aromatic heterocycles. The SMILES string of the molecule is N#CC#CBr. The maximum Gasteiger partial charge on any atom is 0.153 e. The molecule has 0 aliphatic carbocycles. The first-order valence-electron chi connectivity index (χ1n) is 0.913. The molecule has 0 amide bonds. The monoisotopic (exact) mass is 129 g/mol. The second kappa shape index (κ2) is 3.53. The summed E-state index contributed by atoms with van der Waals surface area (Å²) in [4.78, 5) is 2.22. The van der Waals surface area contributed by atoms with Gasteiger partial charge in [0, 0.05) is 21.9 Å². The van der Waals surface area contributed by atoms with Crippen LogP contribution in [0.5, 0.6) is 0 Å². The summed E-state index contributed by atoms with van der Waals surface area (Å²) in [5.74, 6) is 2.08. The van der Waals surface area contributed by atoms with Crippen LogP contribution in [0.25, 0.3) is 0 Å². The van der Waals surface area contributed by atoms with E-state index in [0.29, 0.717) is 0 Å². The lowest BCUT2D eigenvalue weighted by Crippen LogP contribution is -1.32. The Morgan fingerprint density at radius 3 is 2.20 bits per heavy atom. The summed E-state index contributed by atoms with van der Waals surface area (Å²) < 4.78 is 0. The molecule has 0 aromatic rings. The minimum Gasteiger partial charge on any atom is -0.183 e. The van der Waals surface area contributed by atoms with Crippen LogP contribution in [0.15, 0.2) is 0 Å². The number of nitrogens with zero attached hydrogens (tertiary/aromatic N) is 1. The standard InChI is InChI=1S/C3BrN/c4-2-1-3-5. The van der Waals surface area contributed by atoms with Crippen LogP contribution in [0.2, 0.25) is 0 Å². The van der Waals surface area contributed by atoms with Crippen LogP contribution in [0, 0.1) is 22.1 Å². The lowest BCUT2D eigenvalue weighted by molar-refractivity contribution is 1.55. The largest absolute Gasteiger partial charge is 0.183 e. The zero-order chi connectivity index (χ0) is 4.12. The van der Waals surface area contributed by atoms with Crippen LogP contribution in [0.1, 0.15) is 0 Å². The van der Waals surface area contributed by atoms with E-state index in [1.165, 1.54) is 0 Å². The van der Waals surface area contributed by atoms with Gasteiger partial charge >= 0.3 is 0 Å². The molecule has 0 saturated heterocycles. The number of halogens is 1. The van der Waals surface area contributed by atoms with Gasteiger partial charge in [-0.25, -0.2) is 0 Å². The molecule has 0 atom stereocenters. The van der Waals surface area contributed by atoms with E-state index in [2.05, 4.69) is 26.7 Å². The van der Waals surface area contributed by atoms with E-state index in [-0.39, 0.29) is 0 Å². The second-order valence-corrected chi connectivity index (χ2v) is 0.728. The van der Waals surface area contributed by atoms with E-state index < -0.39 is 0 Å². The molecular formula is C3BrN. The summed E-state index contributed by atoms with van der Waals surface area (Å²) in [6.45, 7) is 0. The Bertz CT molecular complexity index is 100. The highest BCUT2D eigenvalue weighted by atomic mass is 79.9. The summed E-state index contributed by atoms with van der Waals surface area (Å²) in [5.41, 5.74) is 0. The molecule has 0 bridgehead atoms. The minimum absolute atomic E-state index is 1.61. The van der Waals surface area contributed by atoms with Crippen molar-refractivity contribution in [1.82, 2.24) is 0 Å². The lowest BCUT2D eigenvalue weighted by Gasteiger charge is -1.35. The average molecular weight is 130 g/mol. The number of hydrogen-bond acceptors (Lipinski definition) is 1. The van der Waals surface area contributed by atoms with E-state index in [4.69, 9.17) is 5.26 Å². The van der Waals surface area contributed by atoms with Crippen molar-refractivity contribution >= 4 is 15.9 Å². The number of hydrogen-bond donors (Lipinski definition) is 0. The van der Waals surface area contributed by atoms with Gasteiger partial charge in [0.05, 0.1) is 0 Å². The van der Waals surface area contributed by atoms with Crippen LogP contribution in [-0.2, 0) is 0 Å². The molecule has 0 aliphatic rings. The highest BCUT2D eigenvalue weighted by molar-refractivity contribution is 9.12. The van der Waals surface area contributed by atoms with E-state index >= 15 is 0 Å². The third kappa shape index (κ3) is 3.53. The van der Waals surface area contributed by atoms with Gasteiger partial charge in [0.1, 0.15) is 0 Å². The third-order valence-corrected chi connectivity index (χ3v) is 0.301. The molecule has 0 spiro atoms. The third-order valence-electron chi connectivity index (χ3n) is 0.103. The Labute approximate surface area is 38.7 Å².